The van der Waals surface area contributed by atoms with Crippen LogP contribution in [0.1, 0.15) is 22.0 Å². The number of hydrogen-bond donors (Lipinski definition) is 0. The molecule has 24 heavy (non-hydrogen) atoms. The van der Waals surface area contributed by atoms with Gasteiger partial charge in [-0.3, -0.25) is 4.79 Å². The van der Waals surface area contributed by atoms with Crippen molar-refractivity contribution in [3.8, 4) is 0 Å². The summed E-state index contributed by atoms with van der Waals surface area (Å²) in [5.74, 6) is 0.535. The molecule has 0 unspecified atom stereocenters. The zero-order valence-corrected chi connectivity index (χ0v) is 14.3. The van der Waals surface area contributed by atoms with E-state index in [-0.39, 0.29) is 11.7 Å². The molecule has 0 N–H and O–H groups in total. The predicted molar refractivity (Wildman–Crippen MR) is 90.5 cm³/mol. The highest BCUT2D eigenvalue weighted by molar-refractivity contribution is 7.13. The molecule has 1 amide bonds. The van der Waals surface area contributed by atoms with Gasteiger partial charge in [0.05, 0.1) is 0 Å². The highest BCUT2D eigenvalue weighted by Gasteiger charge is 2.26. The van der Waals surface area contributed by atoms with E-state index >= 15 is 0 Å². The summed E-state index contributed by atoms with van der Waals surface area (Å²) in [4.78, 5) is 29.6. The van der Waals surface area contributed by atoms with E-state index in [4.69, 9.17) is 0 Å². The van der Waals surface area contributed by atoms with Crippen LogP contribution >= 0.6 is 11.3 Å². The first-order valence-corrected chi connectivity index (χ1v) is 8.64. The monoisotopic (exact) mass is 343 g/mol. The van der Waals surface area contributed by atoms with E-state index in [0.29, 0.717) is 18.9 Å². The average molecular weight is 343 g/mol. The van der Waals surface area contributed by atoms with Gasteiger partial charge in [0.1, 0.15) is 0 Å². The number of thiazole rings is 1. The van der Waals surface area contributed by atoms with Crippen LogP contribution in [0.25, 0.3) is 5.78 Å². The normalized spacial score (nSPS) is 15.2. The molecule has 0 radical (unpaired) electrons. The zero-order chi connectivity index (χ0) is 16.7. The molecule has 9 heteroatoms. The summed E-state index contributed by atoms with van der Waals surface area (Å²) < 4.78 is 1.62. The van der Waals surface area contributed by atoms with E-state index in [1.54, 1.807) is 26.9 Å². The van der Waals surface area contributed by atoms with Gasteiger partial charge in [0.25, 0.3) is 11.7 Å². The van der Waals surface area contributed by atoms with Gasteiger partial charge in [-0.05, 0) is 19.9 Å². The van der Waals surface area contributed by atoms with Crippen molar-refractivity contribution in [3.63, 3.8) is 0 Å². The molecule has 8 nitrogen and oxygen atoms in total. The lowest BCUT2D eigenvalue weighted by Gasteiger charge is -2.33. The first kappa shape index (κ1) is 15.0. The van der Waals surface area contributed by atoms with Gasteiger partial charge in [-0.25, -0.2) is 14.5 Å². The Morgan fingerprint density at radius 1 is 1.17 bits per heavy atom. The van der Waals surface area contributed by atoms with Gasteiger partial charge < -0.3 is 9.80 Å². The molecule has 1 aliphatic heterocycles. The van der Waals surface area contributed by atoms with Crippen LogP contribution < -0.4 is 4.90 Å². The number of carbonyl (C=O) groups is 1. The fourth-order valence-corrected chi connectivity index (χ4v) is 3.57. The number of rotatable bonds is 2. The molecule has 0 bridgehead atoms. The quantitative estimate of drug-likeness (QED) is 0.695. The molecule has 124 valence electrons. The minimum Gasteiger partial charge on any atom is -0.345 e. The number of amides is 1. The Morgan fingerprint density at radius 2 is 1.96 bits per heavy atom. The third-order valence-electron chi connectivity index (χ3n) is 4.07. The third-order valence-corrected chi connectivity index (χ3v) is 4.90. The van der Waals surface area contributed by atoms with Crippen molar-refractivity contribution >= 4 is 28.2 Å². The predicted octanol–water partition coefficient (Wildman–Crippen LogP) is 1.16. The maximum atomic E-state index is 12.7. The number of carbonyl (C=O) groups excluding carboxylic acids is 1. The maximum absolute atomic E-state index is 12.7. The van der Waals surface area contributed by atoms with Crippen LogP contribution in [-0.2, 0) is 0 Å². The summed E-state index contributed by atoms with van der Waals surface area (Å²) in [5, 5.41) is 7.29. The van der Waals surface area contributed by atoms with Crippen LogP contribution in [0.5, 0.6) is 0 Å². The Hall–Kier alpha value is -2.55. The van der Waals surface area contributed by atoms with E-state index in [9.17, 15) is 4.79 Å². The number of nitrogens with zero attached hydrogens (tertiary/aromatic N) is 7. The molecule has 0 aliphatic carbocycles. The third kappa shape index (κ3) is 2.60. The Morgan fingerprint density at radius 3 is 2.67 bits per heavy atom. The van der Waals surface area contributed by atoms with Crippen LogP contribution in [0.4, 0.5) is 5.13 Å². The summed E-state index contributed by atoms with van der Waals surface area (Å²) in [6, 6.07) is 1.92. The summed E-state index contributed by atoms with van der Waals surface area (Å²) in [6.07, 6.45) is 1.80. The minimum atomic E-state index is -0.142. The molecule has 4 heterocycles. The van der Waals surface area contributed by atoms with Crippen LogP contribution in [0.3, 0.4) is 0 Å². The van der Waals surface area contributed by atoms with E-state index in [1.807, 2.05) is 25.3 Å². The summed E-state index contributed by atoms with van der Waals surface area (Å²) in [7, 11) is 0. The Bertz CT molecular complexity index is 881. The van der Waals surface area contributed by atoms with Crippen molar-refractivity contribution < 1.29 is 4.79 Å². The first-order chi connectivity index (χ1) is 11.6. The second-order valence-corrected chi connectivity index (χ2v) is 6.65. The van der Waals surface area contributed by atoms with Crippen molar-refractivity contribution in [1.29, 1.82) is 0 Å². The molecular formula is C15H17N7OS. The summed E-state index contributed by atoms with van der Waals surface area (Å²) in [5.41, 5.74) is 1.78. The van der Waals surface area contributed by atoms with Gasteiger partial charge in [0.2, 0.25) is 5.82 Å². The van der Waals surface area contributed by atoms with Crippen molar-refractivity contribution in [2.75, 3.05) is 31.1 Å². The molecule has 0 atom stereocenters. The lowest BCUT2D eigenvalue weighted by Crippen LogP contribution is -2.49. The second kappa shape index (κ2) is 5.82. The Balaban J connectivity index is 1.51. The number of aryl methyl sites for hydroxylation is 2. The highest BCUT2D eigenvalue weighted by atomic mass is 32.1. The molecule has 0 spiro atoms. The van der Waals surface area contributed by atoms with E-state index in [1.165, 1.54) is 0 Å². The van der Waals surface area contributed by atoms with Crippen LogP contribution in [0, 0.1) is 13.8 Å². The fraction of sp³-hybridized carbons (Fsp3) is 0.400. The topological polar surface area (TPSA) is 79.5 Å². The maximum Gasteiger partial charge on any atom is 0.293 e. The second-order valence-electron chi connectivity index (χ2n) is 5.78. The summed E-state index contributed by atoms with van der Waals surface area (Å²) >= 11 is 1.62. The lowest BCUT2D eigenvalue weighted by atomic mass is 10.3. The van der Waals surface area contributed by atoms with Crippen LogP contribution in [0.2, 0.25) is 0 Å². The number of fused-ring (bicyclic) bond motifs is 1. The number of anilines is 1. The van der Waals surface area contributed by atoms with Crippen molar-refractivity contribution in [2.45, 2.75) is 13.8 Å². The van der Waals surface area contributed by atoms with Crippen molar-refractivity contribution in [1.82, 2.24) is 29.5 Å². The molecular weight excluding hydrogens is 326 g/mol. The van der Waals surface area contributed by atoms with Crippen LogP contribution in [-0.4, -0.2) is 61.6 Å². The Labute approximate surface area is 142 Å². The van der Waals surface area contributed by atoms with Crippen molar-refractivity contribution in [3.05, 3.63) is 34.9 Å². The molecule has 1 saturated heterocycles. The van der Waals surface area contributed by atoms with Gasteiger partial charge in [-0.2, -0.15) is 4.98 Å². The molecule has 1 fully saturated rings. The van der Waals surface area contributed by atoms with Gasteiger partial charge >= 0.3 is 0 Å². The largest absolute Gasteiger partial charge is 0.345 e. The minimum absolute atomic E-state index is 0.142. The fourth-order valence-electron chi connectivity index (χ4n) is 2.87. The molecule has 4 rings (SSSR count). The van der Waals surface area contributed by atoms with Gasteiger partial charge in [-0.1, -0.05) is 0 Å². The molecule has 0 aromatic carbocycles. The Kier molecular flexibility index (Phi) is 3.64. The van der Waals surface area contributed by atoms with Gasteiger partial charge in [0.15, 0.2) is 5.13 Å². The molecule has 0 saturated carbocycles. The zero-order valence-electron chi connectivity index (χ0n) is 13.5. The first-order valence-electron chi connectivity index (χ1n) is 7.76. The van der Waals surface area contributed by atoms with E-state index in [2.05, 4.69) is 25.0 Å². The summed E-state index contributed by atoms with van der Waals surface area (Å²) in [6.45, 7) is 6.64. The highest BCUT2D eigenvalue weighted by Crippen LogP contribution is 2.19. The molecule has 3 aromatic heterocycles. The smallest absolute Gasteiger partial charge is 0.293 e. The van der Waals surface area contributed by atoms with Gasteiger partial charge in [-0.15, -0.1) is 16.4 Å². The van der Waals surface area contributed by atoms with Crippen molar-refractivity contribution in [2.24, 2.45) is 0 Å². The SMILES string of the molecule is Cc1cc(C)n2nc(C(=O)N3CCN(c4nccs4)CC3)nc2n1. The number of aromatic nitrogens is 5. The van der Waals surface area contributed by atoms with Gasteiger partial charge in [0, 0.05) is 49.1 Å². The molecule has 3 aromatic rings. The average Bonchev–Trinajstić information content (AvgIpc) is 3.24. The van der Waals surface area contributed by atoms with Crippen LogP contribution in [0.15, 0.2) is 17.6 Å². The van der Waals surface area contributed by atoms with E-state index < -0.39 is 0 Å². The van der Waals surface area contributed by atoms with E-state index in [0.717, 1.165) is 29.6 Å². The number of piperazine rings is 1. The lowest BCUT2D eigenvalue weighted by molar-refractivity contribution is 0.0734. The molecule has 1 aliphatic rings. The standard InChI is InChI=1S/C15H17N7OS/c1-10-9-11(2)22-14(17-10)18-12(19-22)13(23)20-4-6-21(7-5-20)15-16-3-8-24-15/h3,8-9H,4-7H2,1-2H3. The number of hydrogen-bond acceptors (Lipinski definition) is 7.